The maximum Gasteiger partial charge on any atom is 0.0688 e. The van der Waals surface area contributed by atoms with Crippen molar-refractivity contribution in [1.29, 1.82) is 0 Å². The van der Waals surface area contributed by atoms with Gasteiger partial charge in [-0.05, 0) is 29.9 Å². The molecule has 1 fully saturated rings. The summed E-state index contributed by atoms with van der Waals surface area (Å²) in [5.41, 5.74) is 2.68. The van der Waals surface area contributed by atoms with E-state index >= 15 is 0 Å². The molecule has 1 aliphatic carbocycles. The van der Waals surface area contributed by atoms with E-state index in [-0.39, 0.29) is 11.5 Å². The fourth-order valence-corrected chi connectivity index (χ4v) is 2.55. The van der Waals surface area contributed by atoms with Crippen LogP contribution in [0.2, 0.25) is 0 Å². The van der Waals surface area contributed by atoms with Crippen molar-refractivity contribution in [2.75, 3.05) is 0 Å². The van der Waals surface area contributed by atoms with Gasteiger partial charge in [0.1, 0.15) is 0 Å². The molecule has 3 rings (SSSR count). The molecule has 1 aliphatic rings. The molecule has 1 aromatic carbocycles. The molecule has 1 aromatic heterocycles. The van der Waals surface area contributed by atoms with Crippen LogP contribution in [-0.2, 0) is 5.41 Å². The van der Waals surface area contributed by atoms with Crippen molar-refractivity contribution >= 4 is 10.9 Å². The fourth-order valence-electron chi connectivity index (χ4n) is 2.55. The fraction of sp³-hybridized carbons (Fsp3) is 0.533. The van der Waals surface area contributed by atoms with E-state index in [1.807, 2.05) is 6.20 Å². The van der Waals surface area contributed by atoms with Crippen molar-refractivity contribution in [3.8, 4) is 0 Å². The molecule has 2 aromatic rings. The quantitative estimate of drug-likeness (QED) is 0.837. The smallest absolute Gasteiger partial charge is 0.0688 e. The first kappa shape index (κ1) is 11.7. The van der Waals surface area contributed by atoms with Crippen LogP contribution in [0.1, 0.15) is 45.2 Å². The minimum atomic E-state index is -0.139. The number of nitrogens with zero attached hydrogens (tertiary/aromatic N) is 2. The Morgan fingerprint density at radius 1 is 1.28 bits per heavy atom. The average Bonchev–Trinajstić information content (AvgIpc) is 2.66. The molecule has 3 nitrogen and oxygen atoms in total. The number of hydrogen-bond donors (Lipinski definition) is 1. The first-order chi connectivity index (χ1) is 8.45. The van der Waals surface area contributed by atoms with E-state index in [4.69, 9.17) is 0 Å². The zero-order chi connectivity index (χ0) is 12.9. The van der Waals surface area contributed by atoms with E-state index in [0.29, 0.717) is 6.04 Å². The SMILES string of the molecule is CC(C)(C)c1ccc2cnn([C@H]3C[C@@H](O)C3)c2c1. The number of aliphatic hydroxyl groups is 1. The van der Waals surface area contributed by atoms with E-state index in [1.165, 1.54) is 16.5 Å². The summed E-state index contributed by atoms with van der Waals surface area (Å²) in [7, 11) is 0. The molecule has 18 heavy (non-hydrogen) atoms. The van der Waals surface area contributed by atoms with Crippen LogP contribution in [0.25, 0.3) is 10.9 Å². The van der Waals surface area contributed by atoms with E-state index in [0.717, 1.165) is 12.8 Å². The van der Waals surface area contributed by atoms with Crippen LogP contribution in [0.4, 0.5) is 0 Å². The highest BCUT2D eigenvalue weighted by molar-refractivity contribution is 5.79. The zero-order valence-electron chi connectivity index (χ0n) is 11.2. The maximum absolute atomic E-state index is 9.43. The van der Waals surface area contributed by atoms with Crippen molar-refractivity contribution in [2.24, 2.45) is 0 Å². The third kappa shape index (κ3) is 1.83. The largest absolute Gasteiger partial charge is 0.393 e. The lowest BCUT2D eigenvalue weighted by molar-refractivity contribution is 0.0453. The molecule has 0 spiro atoms. The lowest BCUT2D eigenvalue weighted by Gasteiger charge is -2.32. The van der Waals surface area contributed by atoms with Gasteiger partial charge < -0.3 is 5.11 Å². The van der Waals surface area contributed by atoms with Gasteiger partial charge in [-0.15, -0.1) is 0 Å². The van der Waals surface area contributed by atoms with Gasteiger partial charge in [-0.1, -0.05) is 32.9 Å². The van der Waals surface area contributed by atoms with Crippen molar-refractivity contribution in [2.45, 2.75) is 51.2 Å². The van der Waals surface area contributed by atoms with Gasteiger partial charge in [0.05, 0.1) is 23.9 Å². The molecule has 0 saturated heterocycles. The molecule has 1 saturated carbocycles. The van der Waals surface area contributed by atoms with E-state index in [1.54, 1.807) is 0 Å². The summed E-state index contributed by atoms with van der Waals surface area (Å²) in [5.74, 6) is 0. The number of aromatic nitrogens is 2. The number of rotatable bonds is 1. The second-order valence-corrected chi connectivity index (χ2v) is 6.39. The Morgan fingerprint density at radius 3 is 2.61 bits per heavy atom. The van der Waals surface area contributed by atoms with Crippen molar-refractivity contribution in [1.82, 2.24) is 9.78 Å². The highest BCUT2D eigenvalue weighted by Gasteiger charge is 2.30. The van der Waals surface area contributed by atoms with Crippen LogP contribution in [-0.4, -0.2) is 21.0 Å². The van der Waals surface area contributed by atoms with Crippen LogP contribution >= 0.6 is 0 Å². The summed E-state index contributed by atoms with van der Waals surface area (Å²) < 4.78 is 2.08. The van der Waals surface area contributed by atoms with Crippen LogP contribution in [0.15, 0.2) is 24.4 Å². The predicted octanol–water partition coefficient (Wildman–Crippen LogP) is 3.03. The van der Waals surface area contributed by atoms with E-state index in [2.05, 4.69) is 48.8 Å². The Balaban J connectivity index is 2.05. The van der Waals surface area contributed by atoms with Gasteiger partial charge in [0.25, 0.3) is 0 Å². The Bertz CT molecular complexity index is 574. The molecule has 1 heterocycles. The summed E-state index contributed by atoms with van der Waals surface area (Å²) in [6.45, 7) is 6.67. The summed E-state index contributed by atoms with van der Waals surface area (Å²) in [4.78, 5) is 0. The Labute approximate surface area is 107 Å². The van der Waals surface area contributed by atoms with E-state index < -0.39 is 0 Å². The van der Waals surface area contributed by atoms with Crippen molar-refractivity contribution < 1.29 is 5.11 Å². The van der Waals surface area contributed by atoms with Crippen LogP contribution < -0.4 is 0 Å². The summed E-state index contributed by atoms with van der Waals surface area (Å²) in [5, 5.41) is 15.1. The highest BCUT2D eigenvalue weighted by atomic mass is 16.3. The van der Waals surface area contributed by atoms with Crippen molar-refractivity contribution in [3.63, 3.8) is 0 Å². The Kier molecular flexibility index (Phi) is 2.49. The molecule has 3 heteroatoms. The third-order valence-corrected chi connectivity index (χ3v) is 3.90. The van der Waals surface area contributed by atoms with Gasteiger partial charge in [-0.3, -0.25) is 4.68 Å². The molecule has 0 amide bonds. The monoisotopic (exact) mass is 244 g/mol. The number of fused-ring (bicyclic) bond motifs is 1. The first-order valence-corrected chi connectivity index (χ1v) is 6.61. The van der Waals surface area contributed by atoms with Gasteiger partial charge in [0, 0.05) is 5.39 Å². The van der Waals surface area contributed by atoms with Gasteiger partial charge >= 0.3 is 0 Å². The topological polar surface area (TPSA) is 38.0 Å². The van der Waals surface area contributed by atoms with Gasteiger partial charge in [-0.2, -0.15) is 5.10 Å². The molecule has 0 radical (unpaired) electrons. The third-order valence-electron chi connectivity index (χ3n) is 3.90. The second kappa shape index (κ2) is 3.82. The van der Waals surface area contributed by atoms with Crippen molar-refractivity contribution in [3.05, 3.63) is 30.0 Å². The first-order valence-electron chi connectivity index (χ1n) is 6.61. The molecule has 1 N–H and O–H groups in total. The van der Waals surface area contributed by atoms with Gasteiger partial charge in [0.2, 0.25) is 0 Å². The Hall–Kier alpha value is -1.35. The molecule has 0 aliphatic heterocycles. The van der Waals surface area contributed by atoms with E-state index in [9.17, 15) is 5.11 Å². The lowest BCUT2D eigenvalue weighted by atomic mass is 9.86. The molecule has 0 unspecified atom stereocenters. The molecule has 0 atom stereocenters. The predicted molar refractivity (Wildman–Crippen MR) is 72.7 cm³/mol. The maximum atomic E-state index is 9.43. The molecule has 0 bridgehead atoms. The van der Waals surface area contributed by atoms with Crippen LogP contribution in [0.3, 0.4) is 0 Å². The normalized spacial score (nSPS) is 24.2. The highest BCUT2D eigenvalue weighted by Crippen LogP contribution is 2.35. The second-order valence-electron chi connectivity index (χ2n) is 6.39. The number of aliphatic hydroxyl groups excluding tert-OH is 1. The number of hydrogen-bond acceptors (Lipinski definition) is 2. The van der Waals surface area contributed by atoms with Crippen LogP contribution in [0.5, 0.6) is 0 Å². The number of benzene rings is 1. The van der Waals surface area contributed by atoms with Crippen LogP contribution in [0, 0.1) is 0 Å². The summed E-state index contributed by atoms with van der Waals surface area (Å²) >= 11 is 0. The average molecular weight is 244 g/mol. The summed E-state index contributed by atoms with van der Waals surface area (Å²) in [6.07, 6.45) is 3.44. The van der Waals surface area contributed by atoms with Gasteiger partial charge in [-0.25, -0.2) is 0 Å². The molecule has 96 valence electrons. The molecular formula is C15H20N2O. The Morgan fingerprint density at radius 2 is 2.00 bits per heavy atom. The minimum absolute atomic E-state index is 0.139. The minimum Gasteiger partial charge on any atom is -0.393 e. The van der Waals surface area contributed by atoms with Gasteiger partial charge in [0.15, 0.2) is 0 Å². The standard InChI is InChI=1S/C15H20N2O/c1-15(2,3)11-5-4-10-9-16-17(14(10)6-11)12-7-13(18)8-12/h4-6,9,12-13,18H,7-8H2,1-3H3/t12-,13+. The summed E-state index contributed by atoms with van der Waals surface area (Å²) in [6, 6.07) is 6.94. The molecular weight excluding hydrogens is 224 g/mol. The zero-order valence-corrected chi connectivity index (χ0v) is 11.2. The lowest BCUT2D eigenvalue weighted by Crippen LogP contribution is -2.31.